The molecule has 0 unspecified atom stereocenters. The zero-order valence-electron chi connectivity index (χ0n) is 14.7. The van der Waals surface area contributed by atoms with E-state index >= 15 is 0 Å². The van der Waals surface area contributed by atoms with E-state index in [-0.39, 0.29) is 0 Å². The number of piperazine rings is 1. The molecule has 0 saturated carbocycles. The standard InChI is InChI=1S/C17H29N5O/c1-20-6-4-17(5-7-20)14-22(9-8-21(17)2)12-15-10-18-16(13-23-3)19-11-15/h10-11H,4-9,12-14H2,1-3H3. The summed E-state index contributed by atoms with van der Waals surface area (Å²) in [6, 6.07) is 0. The molecule has 2 fully saturated rings. The van der Waals surface area contributed by atoms with Gasteiger partial charge in [-0.1, -0.05) is 0 Å². The molecule has 128 valence electrons. The summed E-state index contributed by atoms with van der Waals surface area (Å²) < 4.78 is 5.07. The second kappa shape index (κ2) is 7.21. The van der Waals surface area contributed by atoms with E-state index in [1.165, 1.54) is 31.5 Å². The van der Waals surface area contributed by atoms with E-state index in [4.69, 9.17) is 4.74 Å². The molecule has 1 aromatic rings. The van der Waals surface area contributed by atoms with Gasteiger partial charge in [0.25, 0.3) is 0 Å². The lowest BCUT2D eigenvalue weighted by Gasteiger charge is -2.52. The van der Waals surface area contributed by atoms with Crippen molar-refractivity contribution >= 4 is 0 Å². The molecular formula is C17H29N5O. The fourth-order valence-electron chi connectivity index (χ4n) is 3.78. The Hall–Kier alpha value is -1.08. The molecule has 0 aromatic carbocycles. The maximum Gasteiger partial charge on any atom is 0.153 e. The minimum Gasteiger partial charge on any atom is -0.377 e. The molecule has 0 N–H and O–H groups in total. The Morgan fingerprint density at radius 2 is 1.78 bits per heavy atom. The normalized spacial score (nSPS) is 23.4. The summed E-state index contributed by atoms with van der Waals surface area (Å²) in [5.74, 6) is 0.751. The predicted molar refractivity (Wildman–Crippen MR) is 90.1 cm³/mol. The molecule has 3 rings (SSSR count). The van der Waals surface area contributed by atoms with Gasteiger partial charge in [0.1, 0.15) is 6.61 Å². The average molecular weight is 319 g/mol. The Bertz CT molecular complexity index is 498. The van der Waals surface area contributed by atoms with Crippen LogP contribution in [0, 0.1) is 0 Å². The lowest BCUT2D eigenvalue weighted by Crippen LogP contribution is -2.63. The van der Waals surface area contributed by atoms with Gasteiger partial charge in [0.2, 0.25) is 0 Å². The van der Waals surface area contributed by atoms with Crippen molar-refractivity contribution in [2.75, 3.05) is 53.9 Å². The molecule has 0 atom stereocenters. The third-order valence-corrected chi connectivity index (χ3v) is 5.44. The summed E-state index contributed by atoms with van der Waals surface area (Å²) in [5, 5.41) is 0. The number of methoxy groups -OCH3 is 1. The second-order valence-corrected chi connectivity index (χ2v) is 7.10. The number of hydrogen-bond donors (Lipinski definition) is 0. The molecule has 6 heteroatoms. The highest BCUT2D eigenvalue weighted by Gasteiger charge is 2.41. The van der Waals surface area contributed by atoms with Crippen LogP contribution in [0.1, 0.15) is 24.2 Å². The molecule has 0 bridgehead atoms. The van der Waals surface area contributed by atoms with Crippen LogP contribution in [-0.2, 0) is 17.9 Å². The van der Waals surface area contributed by atoms with E-state index in [2.05, 4.69) is 38.8 Å². The number of nitrogens with zero attached hydrogens (tertiary/aromatic N) is 5. The van der Waals surface area contributed by atoms with Crippen LogP contribution < -0.4 is 0 Å². The Morgan fingerprint density at radius 1 is 1.09 bits per heavy atom. The van der Waals surface area contributed by atoms with Gasteiger partial charge in [0, 0.05) is 56.8 Å². The highest BCUT2D eigenvalue weighted by atomic mass is 16.5. The zero-order chi connectivity index (χ0) is 16.3. The van der Waals surface area contributed by atoms with Gasteiger partial charge in [0.05, 0.1) is 0 Å². The molecule has 23 heavy (non-hydrogen) atoms. The van der Waals surface area contributed by atoms with Crippen LogP contribution in [0.2, 0.25) is 0 Å². The van der Waals surface area contributed by atoms with Crippen LogP contribution in [0.4, 0.5) is 0 Å². The van der Waals surface area contributed by atoms with Crippen LogP contribution in [0.3, 0.4) is 0 Å². The van der Waals surface area contributed by atoms with Crippen molar-refractivity contribution in [3.05, 3.63) is 23.8 Å². The molecule has 2 aliphatic rings. The summed E-state index contributed by atoms with van der Waals surface area (Å²) in [5.41, 5.74) is 1.54. The van der Waals surface area contributed by atoms with Crippen molar-refractivity contribution in [2.45, 2.75) is 31.5 Å². The third-order valence-electron chi connectivity index (χ3n) is 5.44. The zero-order valence-corrected chi connectivity index (χ0v) is 14.7. The maximum atomic E-state index is 5.07. The van der Waals surface area contributed by atoms with Gasteiger partial charge in [-0.25, -0.2) is 9.97 Å². The number of likely N-dealkylation sites (tertiary alicyclic amines) is 1. The molecule has 1 spiro atoms. The van der Waals surface area contributed by atoms with E-state index in [0.29, 0.717) is 12.1 Å². The van der Waals surface area contributed by atoms with Gasteiger partial charge in [-0.05, 0) is 40.0 Å². The first-order valence-electron chi connectivity index (χ1n) is 8.52. The number of piperidine rings is 1. The SMILES string of the molecule is COCc1ncc(CN2CCN(C)C3(CCN(C)CC3)C2)cn1. The number of rotatable bonds is 4. The molecular weight excluding hydrogens is 290 g/mol. The molecule has 3 heterocycles. The van der Waals surface area contributed by atoms with E-state index in [1.807, 2.05) is 12.4 Å². The Balaban J connectivity index is 1.62. The quantitative estimate of drug-likeness (QED) is 0.819. The van der Waals surface area contributed by atoms with Gasteiger partial charge in [-0.15, -0.1) is 0 Å². The minimum atomic E-state index is 0.349. The highest BCUT2D eigenvalue weighted by molar-refractivity contribution is 5.07. The molecule has 1 aromatic heterocycles. The van der Waals surface area contributed by atoms with Gasteiger partial charge in [-0.2, -0.15) is 0 Å². The number of likely N-dealkylation sites (N-methyl/N-ethyl adjacent to an activating group) is 1. The first kappa shape index (κ1) is 16.8. The molecule has 0 radical (unpaired) electrons. The van der Waals surface area contributed by atoms with Crippen molar-refractivity contribution in [3.63, 3.8) is 0 Å². The van der Waals surface area contributed by atoms with Crippen LogP contribution in [0.5, 0.6) is 0 Å². The highest BCUT2D eigenvalue weighted by Crippen LogP contribution is 2.31. The van der Waals surface area contributed by atoms with Gasteiger partial charge < -0.3 is 9.64 Å². The number of hydrogen-bond acceptors (Lipinski definition) is 6. The molecule has 0 aliphatic carbocycles. The van der Waals surface area contributed by atoms with Crippen molar-refractivity contribution < 1.29 is 4.74 Å². The van der Waals surface area contributed by atoms with E-state index in [0.717, 1.165) is 32.0 Å². The Labute approximate surface area is 139 Å². The van der Waals surface area contributed by atoms with E-state index in [1.54, 1.807) is 7.11 Å². The summed E-state index contributed by atoms with van der Waals surface area (Å²) in [6.07, 6.45) is 6.42. The largest absolute Gasteiger partial charge is 0.377 e. The van der Waals surface area contributed by atoms with E-state index in [9.17, 15) is 0 Å². The average Bonchev–Trinajstić information content (AvgIpc) is 2.56. The summed E-state index contributed by atoms with van der Waals surface area (Å²) in [4.78, 5) is 16.4. The molecule has 2 saturated heterocycles. The molecule has 0 amide bonds. The summed E-state index contributed by atoms with van der Waals surface area (Å²) >= 11 is 0. The van der Waals surface area contributed by atoms with Gasteiger partial charge in [-0.3, -0.25) is 9.80 Å². The molecule has 2 aliphatic heterocycles. The Kier molecular flexibility index (Phi) is 5.26. The van der Waals surface area contributed by atoms with Crippen LogP contribution in [0.25, 0.3) is 0 Å². The fraction of sp³-hybridized carbons (Fsp3) is 0.765. The second-order valence-electron chi connectivity index (χ2n) is 7.10. The third kappa shape index (κ3) is 3.88. The smallest absolute Gasteiger partial charge is 0.153 e. The summed E-state index contributed by atoms with van der Waals surface area (Å²) in [7, 11) is 6.19. The van der Waals surface area contributed by atoms with Crippen LogP contribution >= 0.6 is 0 Å². The number of ether oxygens (including phenoxy) is 1. The molecule has 6 nitrogen and oxygen atoms in total. The van der Waals surface area contributed by atoms with Crippen molar-refractivity contribution in [2.24, 2.45) is 0 Å². The van der Waals surface area contributed by atoms with Gasteiger partial charge >= 0.3 is 0 Å². The van der Waals surface area contributed by atoms with E-state index < -0.39 is 0 Å². The Morgan fingerprint density at radius 3 is 2.43 bits per heavy atom. The lowest BCUT2D eigenvalue weighted by atomic mass is 9.84. The maximum absolute atomic E-state index is 5.07. The van der Waals surface area contributed by atoms with Crippen molar-refractivity contribution in [3.8, 4) is 0 Å². The van der Waals surface area contributed by atoms with Crippen LogP contribution in [0.15, 0.2) is 12.4 Å². The van der Waals surface area contributed by atoms with Gasteiger partial charge in [0.15, 0.2) is 5.82 Å². The first-order chi connectivity index (χ1) is 11.1. The van der Waals surface area contributed by atoms with Crippen LogP contribution in [-0.4, -0.2) is 84.1 Å². The first-order valence-corrected chi connectivity index (χ1v) is 8.52. The minimum absolute atomic E-state index is 0.349. The summed E-state index contributed by atoms with van der Waals surface area (Å²) in [6.45, 7) is 7.24. The monoisotopic (exact) mass is 319 g/mol. The van der Waals surface area contributed by atoms with Crippen molar-refractivity contribution in [1.82, 2.24) is 24.7 Å². The number of aromatic nitrogens is 2. The fourth-order valence-corrected chi connectivity index (χ4v) is 3.78. The predicted octanol–water partition coefficient (Wildman–Crippen LogP) is 0.835. The topological polar surface area (TPSA) is 44.7 Å². The lowest BCUT2D eigenvalue weighted by molar-refractivity contribution is -0.0258. The van der Waals surface area contributed by atoms with Crippen molar-refractivity contribution in [1.29, 1.82) is 0 Å².